The third-order valence-corrected chi connectivity index (χ3v) is 5.45. The number of ether oxygens (including phenoxy) is 2. The van der Waals surface area contributed by atoms with E-state index < -0.39 is 5.97 Å². The summed E-state index contributed by atoms with van der Waals surface area (Å²) in [5.41, 5.74) is 3.83. The summed E-state index contributed by atoms with van der Waals surface area (Å²) < 4.78 is 14.0. The van der Waals surface area contributed by atoms with Crippen molar-refractivity contribution in [1.29, 1.82) is 0 Å². The van der Waals surface area contributed by atoms with E-state index >= 15 is 0 Å². The zero-order chi connectivity index (χ0) is 24.9. The average Bonchev–Trinajstić information content (AvgIpc) is 3.49. The summed E-state index contributed by atoms with van der Waals surface area (Å²) in [4.78, 5) is 29.1. The minimum atomic E-state index is -0.530. The van der Waals surface area contributed by atoms with Crippen LogP contribution in [0.4, 0.5) is 0 Å². The van der Waals surface area contributed by atoms with Crippen LogP contribution in [0.5, 0.6) is 0 Å². The van der Waals surface area contributed by atoms with Gasteiger partial charge >= 0.3 is 11.9 Å². The molecule has 0 unspecified atom stereocenters. The number of hydrogen-bond acceptors (Lipinski definition) is 6. The second-order valence-corrected chi connectivity index (χ2v) is 7.99. The highest BCUT2D eigenvalue weighted by Crippen LogP contribution is 2.27. The molecule has 3 heterocycles. The van der Waals surface area contributed by atoms with Gasteiger partial charge in [0, 0.05) is 23.4 Å². The second-order valence-electron chi connectivity index (χ2n) is 7.99. The number of aromatic nitrogens is 3. The number of cyclic esters (lactones) is 1. The summed E-state index contributed by atoms with van der Waals surface area (Å²) in [6.07, 6.45) is 7.12. The molecule has 5 rings (SSSR count). The Labute approximate surface area is 224 Å². The van der Waals surface area contributed by atoms with Crippen molar-refractivity contribution >= 4 is 23.9 Å². The number of nitrogens with zero attached hydrogens (tertiary/aromatic N) is 4. The van der Waals surface area contributed by atoms with Gasteiger partial charge in [-0.05, 0) is 43.3 Å². The molecular weight excluding hydrogens is 536 g/mol. The number of carbonyl (C=O) groups excluding carboxylic acids is 2. The Hall–Kier alpha value is -4.37. The van der Waals surface area contributed by atoms with E-state index in [-0.39, 0.29) is 41.1 Å². The van der Waals surface area contributed by atoms with Crippen molar-refractivity contribution < 1.29 is 40.6 Å². The van der Waals surface area contributed by atoms with E-state index in [0.717, 1.165) is 16.8 Å². The first-order chi connectivity index (χ1) is 17.6. The van der Waals surface area contributed by atoms with Gasteiger partial charge in [0.25, 0.3) is 0 Å². The molecule has 0 radical (unpaired) electrons. The van der Waals surface area contributed by atoms with Gasteiger partial charge < -0.3 is 26.5 Å². The lowest BCUT2D eigenvalue weighted by Crippen LogP contribution is -3.00. The highest BCUT2D eigenvalue weighted by molar-refractivity contribution is 6.13. The molecule has 2 aromatic heterocycles. The molecule has 4 aromatic rings. The normalized spacial score (nSPS) is 13.6. The van der Waals surface area contributed by atoms with Crippen LogP contribution in [-0.4, -0.2) is 34.2 Å². The Balaban J connectivity index is 0.00000320. The molecule has 9 heteroatoms. The first kappa shape index (κ1) is 25.7. The Morgan fingerprint density at radius 3 is 2.46 bits per heavy atom. The van der Waals surface area contributed by atoms with Crippen LogP contribution in [0.1, 0.15) is 18.1 Å². The Bertz CT molecular complexity index is 1480. The molecule has 0 bridgehead atoms. The quantitative estimate of drug-likeness (QED) is 0.190. The predicted octanol–water partition coefficient (Wildman–Crippen LogP) is 0.738. The number of rotatable bonds is 7. The predicted molar refractivity (Wildman–Crippen MR) is 133 cm³/mol. The van der Waals surface area contributed by atoms with Gasteiger partial charge in [-0.3, -0.25) is 0 Å². The maximum absolute atomic E-state index is 12.6. The van der Waals surface area contributed by atoms with Crippen molar-refractivity contribution in [2.45, 2.75) is 13.5 Å². The highest BCUT2D eigenvalue weighted by atomic mass is 79.9. The SMILES string of the molecule is CCOC(=O)C[n+]1cccc(-c2nn(-c3ccccc3)cc2/C=C2\N=C(c3ccccc3)OC2=O)c1.[Br-]. The Morgan fingerprint density at radius 1 is 1.03 bits per heavy atom. The lowest BCUT2D eigenvalue weighted by molar-refractivity contribution is -0.685. The topological polar surface area (TPSA) is 86.7 Å². The van der Waals surface area contributed by atoms with Gasteiger partial charge in [-0.1, -0.05) is 36.4 Å². The Morgan fingerprint density at radius 2 is 1.73 bits per heavy atom. The van der Waals surface area contributed by atoms with Gasteiger partial charge in [0.1, 0.15) is 5.69 Å². The number of hydrogen-bond donors (Lipinski definition) is 0. The fourth-order valence-electron chi connectivity index (χ4n) is 3.81. The first-order valence-electron chi connectivity index (χ1n) is 11.5. The minimum absolute atomic E-state index is 0. The number of para-hydroxylation sites is 1. The van der Waals surface area contributed by atoms with Crippen molar-refractivity contribution in [2.24, 2.45) is 4.99 Å². The van der Waals surface area contributed by atoms with Crippen LogP contribution in [0.25, 0.3) is 23.0 Å². The van der Waals surface area contributed by atoms with E-state index in [1.165, 1.54) is 0 Å². The van der Waals surface area contributed by atoms with Crippen molar-refractivity contribution in [3.05, 3.63) is 108 Å². The number of esters is 2. The van der Waals surface area contributed by atoms with Crippen LogP contribution in [0.2, 0.25) is 0 Å². The largest absolute Gasteiger partial charge is 1.00 e. The maximum Gasteiger partial charge on any atom is 0.372 e. The van der Waals surface area contributed by atoms with Gasteiger partial charge in [-0.2, -0.15) is 9.67 Å². The van der Waals surface area contributed by atoms with Gasteiger partial charge in [-0.15, -0.1) is 0 Å². The zero-order valence-electron chi connectivity index (χ0n) is 20.0. The van der Waals surface area contributed by atoms with Crippen LogP contribution >= 0.6 is 0 Å². The number of aliphatic imine (C=N–C) groups is 1. The van der Waals surface area contributed by atoms with Crippen LogP contribution in [-0.2, 0) is 25.6 Å². The molecule has 0 saturated carbocycles. The Kier molecular flexibility index (Phi) is 8.05. The zero-order valence-corrected chi connectivity index (χ0v) is 21.5. The minimum Gasteiger partial charge on any atom is -1.00 e. The summed E-state index contributed by atoms with van der Waals surface area (Å²) in [5, 5.41) is 4.79. The lowest BCUT2D eigenvalue weighted by Gasteiger charge is -2.01. The van der Waals surface area contributed by atoms with Crippen LogP contribution in [0.15, 0.2) is 102 Å². The molecule has 1 aliphatic heterocycles. The molecule has 0 saturated heterocycles. The molecule has 0 amide bonds. The molecular formula is C28H23BrN4O4. The molecule has 1 aliphatic rings. The van der Waals surface area contributed by atoms with E-state index in [9.17, 15) is 9.59 Å². The smallest absolute Gasteiger partial charge is 0.372 e. The van der Waals surface area contributed by atoms with Crippen molar-refractivity contribution in [3.63, 3.8) is 0 Å². The van der Waals surface area contributed by atoms with E-state index in [4.69, 9.17) is 14.6 Å². The monoisotopic (exact) mass is 558 g/mol. The van der Waals surface area contributed by atoms with Gasteiger partial charge in [0.05, 0.1) is 17.9 Å². The summed E-state index contributed by atoms with van der Waals surface area (Å²) in [7, 11) is 0. The molecule has 0 fully saturated rings. The summed E-state index contributed by atoms with van der Waals surface area (Å²) in [6, 6.07) is 22.7. The highest BCUT2D eigenvalue weighted by Gasteiger charge is 2.25. The molecule has 0 atom stereocenters. The number of halogens is 1. The van der Waals surface area contributed by atoms with Crippen LogP contribution in [0, 0.1) is 0 Å². The molecule has 0 N–H and O–H groups in total. The fourth-order valence-corrected chi connectivity index (χ4v) is 3.81. The first-order valence-corrected chi connectivity index (χ1v) is 11.5. The van der Waals surface area contributed by atoms with E-state index in [2.05, 4.69) is 4.99 Å². The maximum atomic E-state index is 12.6. The second kappa shape index (κ2) is 11.6. The standard InChI is InChI=1S/C28H23N4O4.BrH/c1-2-35-25(33)19-31-15-9-12-21(17-31)26-22(18-32(30-26)23-13-7-4-8-14-23)16-24-28(34)36-27(29-24)20-10-5-3-6-11-20;/h3-18H,2,19H2,1H3;1H/q+1;/p-1/b24-16-;. The van der Waals surface area contributed by atoms with Crippen LogP contribution < -0.4 is 21.5 Å². The van der Waals surface area contributed by atoms with Gasteiger partial charge in [0.15, 0.2) is 18.1 Å². The number of pyridine rings is 1. The third kappa shape index (κ3) is 5.90. The molecule has 0 aliphatic carbocycles. The molecule has 186 valence electrons. The van der Waals surface area contributed by atoms with Crippen molar-refractivity contribution in [1.82, 2.24) is 9.78 Å². The average molecular weight is 559 g/mol. The van der Waals surface area contributed by atoms with Crippen LogP contribution in [0.3, 0.4) is 0 Å². The lowest BCUT2D eigenvalue weighted by atomic mass is 10.1. The van der Waals surface area contributed by atoms with Gasteiger partial charge in [0.2, 0.25) is 12.4 Å². The van der Waals surface area contributed by atoms with E-state index in [0.29, 0.717) is 17.9 Å². The summed E-state index contributed by atoms with van der Waals surface area (Å²) >= 11 is 0. The molecule has 37 heavy (non-hydrogen) atoms. The molecule has 0 spiro atoms. The van der Waals surface area contributed by atoms with Crippen molar-refractivity contribution in [3.8, 4) is 16.9 Å². The fraction of sp³-hybridized carbons (Fsp3) is 0.107. The number of benzene rings is 2. The molecule has 8 nitrogen and oxygen atoms in total. The summed E-state index contributed by atoms with van der Waals surface area (Å²) in [6.45, 7) is 2.17. The summed E-state index contributed by atoms with van der Waals surface area (Å²) in [5.74, 6) is -0.596. The van der Waals surface area contributed by atoms with Gasteiger partial charge in [-0.25, -0.2) is 19.3 Å². The number of carbonyl (C=O) groups is 2. The van der Waals surface area contributed by atoms with E-state index in [1.807, 2.05) is 85.2 Å². The van der Waals surface area contributed by atoms with E-state index in [1.54, 1.807) is 28.4 Å². The third-order valence-electron chi connectivity index (χ3n) is 5.45. The van der Waals surface area contributed by atoms with Crippen molar-refractivity contribution in [2.75, 3.05) is 6.61 Å². The molecule has 2 aromatic carbocycles.